The van der Waals surface area contributed by atoms with Crippen LogP contribution in [-0.2, 0) is 0 Å². The SMILES string of the molecule is Clc1c2ccccc2nc2ccc(Br)c(Br)c12. The third-order valence-electron chi connectivity index (χ3n) is 2.67. The van der Waals surface area contributed by atoms with E-state index in [2.05, 4.69) is 36.8 Å². The number of aromatic nitrogens is 1. The van der Waals surface area contributed by atoms with Crippen LogP contribution in [0.1, 0.15) is 0 Å². The largest absolute Gasteiger partial charge is 0.248 e. The molecular formula is C13H6Br2ClN. The molecular weight excluding hydrogens is 365 g/mol. The second-order valence-electron chi connectivity index (χ2n) is 3.70. The third-order valence-corrected chi connectivity index (χ3v) is 5.08. The van der Waals surface area contributed by atoms with Crippen LogP contribution in [0.2, 0.25) is 5.02 Å². The fourth-order valence-electron chi connectivity index (χ4n) is 1.86. The van der Waals surface area contributed by atoms with Crippen molar-refractivity contribution in [2.45, 2.75) is 0 Å². The van der Waals surface area contributed by atoms with Crippen LogP contribution in [0.3, 0.4) is 0 Å². The topological polar surface area (TPSA) is 12.9 Å². The molecule has 3 rings (SSSR count). The highest BCUT2D eigenvalue weighted by Crippen LogP contribution is 2.38. The number of nitrogens with zero attached hydrogens (tertiary/aromatic N) is 1. The lowest BCUT2D eigenvalue weighted by Gasteiger charge is -2.08. The quantitative estimate of drug-likeness (QED) is 0.471. The van der Waals surface area contributed by atoms with E-state index < -0.39 is 0 Å². The Hall–Kier alpha value is -0.640. The van der Waals surface area contributed by atoms with E-state index in [1.165, 1.54) is 0 Å². The van der Waals surface area contributed by atoms with Gasteiger partial charge in [0, 0.05) is 19.7 Å². The van der Waals surface area contributed by atoms with Gasteiger partial charge in [-0.15, -0.1) is 0 Å². The zero-order valence-corrected chi connectivity index (χ0v) is 12.5. The van der Waals surface area contributed by atoms with Crippen LogP contribution < -0.4 is 0 Å². The van der Waals surface area contributed by atoms with Crippen molar-refractivity contribution >= 4 is 65.3 Å². The van der Waals surface area contributed by atoms with Gasteiger partial charge in [-0.25, -0.2) is 4.98 Å². The van der Waals surface area contributed by atoms with E-state index in [1.54, 1.807) is 0 Å². The minimum atomic E-state index is 0.735. The second kappa shape index (κ2) is 4.23. The number of para-hydroxylation sites is 1. The molecule has 3 aromatic rings. The zero-order valence-electron chi connectivity index (χ0n) is 8.55. The van der Waals surface area contributed by atoms with Crippen molar-refractivity contribution < 1.29 is 0 Å². The summed E-state index contributed by atoms with van der Waals surface area (Å²) in [6.07, 6.45) is 0. The summed E-state index contributed by atoms with van der Waals surface area (Å²) < 4.78 is 1.92. The second-order valence-corrected chi connectivity index (χ2v) is 5.72. The van der Waals surface area contributed by atoms with Gasteiger partial charge in [-0.2, -0.15) is 0 Å². The normalized spacial score (nSPS) is 11.2. The van der Waals surface area contributed by atoms with E-state index in [0.29, 0.717) is 0 Å². The van der Waals surface area contributed by atoms with Gasteiger partial charge in [0.1, 0.15) is 0 Å². The minimum Gasteiger partial charge on any atom is -0.248 e. The maximum absolute atomic E-state index is 6.46. The Morgan fingerprint density at radius 3 is 2.53 bits per heavy atom. The molecule has 2 aromatic carbocycles. The number of fused-ring (bicyclic) bond motifs is 2. The van der Waals surface area contributed by atoms with Crippen LogP contribution in [0.4, 0.5) is 0 Å². The fraction of sp³-hybridized carbons (Fsp3) is 0. The predicted molar refractivity (Wildman–Crippen MR) is 79.7 cm³/mol. The third kappa shape index (κ3) is 1.77. The van der Waals surface area contributed by atoms with Crippen LogP contribution in [0.5, 0.6) is 0 Å². The minimum absolute atomic E-state index is 0.735. The van der Waals surface area contributed by atoms with Gasteiger partial charge in [0.05, 0.1) is 16.1 Å². The summed E-state index contributed by atoms with van der Waals surface area (Å²) in [7, 11) is 0. The number of halogens is 3. The summed E-state index contributed by atoms with van der Waals surface area (Å²) >= 11 is 13.5. The Labute approximate surface area is 120 Å². The number of benzene rings is 2. The van der Waals surface area contributed by atoms with E-state index in [-0.39, 0.29) is 0 Å². The fourth-order valence-corrected chi connectivity index (χ4v) is 3.19. The number of hydrogen-bond donors (Lipinski definition) is 0. The Morgan fingerprint density at radius 1 is 0.941 bits per heavy atom. The molecule has 0 aliphatic heterocycles. The standard InChI is InChI=1S/C13H6Br2ClN/c14-8-5-6-10-11(12(8)15)13(16)7-3-1-2-4-9(7)17-10/h1-6H. The van der Waals surface area contributed by atoms with Crippen molar-refractivity contribution in [3.05, 3.63) is 50.4 Å². The van der Waals surface area contributed by atoms with Crippen LogP contribution in [0.25, 0.3) is 21.8 Å². The summed E-state index contributed by atoms with van der Waals surface area (Å²) in [4.78, 5) is 4.61. The van der Waals surface area contributed by atoms with Gasteiger partial charge in [-0.05, 0) is 50.1 Å². The molecule has 0 unspecified atom stereocenters. The first-order valence-corrected chi connectivity index (χ1v) is 6.97. The first kappa shape index (κ1) is 11.5. The molecule has 0 bridgehead atoms. The highest BCUT2D eigenvalue weighted by Gasteiger charge is 2.11. The number of pyridine rings is 1. The summed E-state index contributed by atoms with van der Waals surface area (Å²) in [5, 5.41) is 2.65. The molecule has 1 nitrogen and oxygen atoms in total. The van der Waals surface area contributed by atoms with Crippen molar-refractivity contribution in [3.8, 4) is 0 Å². The number of hydrogen-bond acceptors (Lipinski definition) is 1. The Balaban J connectivity index is 2.60. The molecule has 4 heteroatoms. The van der Waals surface area contributed by atoms with Gasteiger partial charge in [0.25, 0.3) is 0 Å². The van der Waals surface area contributed by atoms with E-state index in [0.717, 1.165) is 35.8 Å². The van der Waals surface area contributed by atoms with Gasteiger partial charge < -0.3 is 0 Å². The molecule has 0 amide bonds. The van der Waals surface area contributed by atoms with Crippen molar-refractivity contribution in [3.63, 3.8) is 0 Å². The molecule has 1 heterocycles. The van der Waals surface area contributed by atoms with Gasteiger partial charge in [0.15, 0.2) is 0 Å². The zero-order chi connectivity index (χ0) is 12.0. The number of rotatable bonds is 0. The van der Waals surface area contributed by atoms with Crippen LogP contribution in [-0.4, -0.2) is 4.98 Å². The first-order chi connectivity index (χ1) is 8.18. The predicted octanol–water partition coefficient (Wildman–Crippen LogP) is 5.57. The Bertz CT molecular complexity index is 740. The highest BCUT2D eigenvalue weighted by atomic mass is 79.9. The molecule has 17 heavy (non-hydrogen) atoms. The molecule has 1 aromatic heterocycles. The lowest BCUT2D eigenvalue weighted by Crippen LogP contribution is -1.86. The molecule has 0 N–H and O–H groups in total. The van der Waals surface area contributed by atoms with E-state index in [9.17, 15) is 0 Å². The van der Waals surface area contributed by atoms with E-state index in [4.69, 9.17) is 11.6 Å². The van der Waals surface area contributed by atoms with Crippen LogP contribution in [0.15, 0.2) is 45.3 Å². The van der Waals surface area contributed by atoms with Crippen molar-refractivity contribution in [1.82, 2.24) is 4.98 Å². The molecule has 0 aliphatic carbocycles. The lowest BCUT2D eigenvalue weighted by atomic mass is 10.1. The summed E-state index contributed by atoms with van der Waals surface area (Å²) in [6.45, 7) is 0. The van der Waals surface area contributed by atoms with Crippen LogP contribution in [0, 0.1) is 0 Å². The molecule has 0 radical (unpaired) electrons. The van der Waals surface area contributed by atoms with Gasteiger partial charge >= 0.3 is 0 Å². The van der Waals surface area contributed by atoms with E-state index in [1.807, 2.05) is 36.4 Å². The molecule has 0 fully saturated rings. The van der Waals surface area contributed by atoms with Crippen molar-refractivity contribution in [1.29, 1.82) is 0 Å². The summed E-state index contributed by atoms with van der Waals surface area (Å²) in [5.74, 6) is 0. The smallest absolute Gasteiger partial charge is 0.0736 e. The van der Waals surface area contributed by atoms with Crippen molar-refractivity contribution in [2.75, 3.05) is 0 Å². The summed E-state index contributed by atoms with van der Waals surface area (Å²) in [5.41, 5.74) is 1.81. The Kier molecular flexibility index (Phi) is 2.85. The van der Waals surface area contributed by atoms with Crippen molar-refractivity contribution in [2.24, 2.45) is 0 Å². The molecule has 0 atom stereocenters. The molecule has 0 saturated heterocycles. The van der Waals surface area contributed by atoms with Gasteiger partial charge in [-0.1, -0.05) is 29.8 Å². The molecule has 0 spiro atoms. The molecule has 0 saturated carbocycles. The van der Waals surface area contributed by atoms with E-state index >= 15 is 0 Å². The van der Waals surface area contributed by atoms with Crippen LogP contribution >= 0.6 is 43.5 Å². The average Bonchev–Trinajstić information content (AvgIpc) is 2.34. The monoisotopic (exact) mass is 369 g/mol. The first-order valence-electron chi connectivity index (χ1n) is 5.00. The van der Waals surface area contributed by atoms with Gasteiger partial charge in [-0.3, -0.25) is 0 Å². The molecule has 84 valence electrons. The Morgan fingerprint density at radius 2 is 1.71 bits per heavy atom. The summed E-state index contributed by atoms with van der Waals surface area (Å²) in [6, 6.07) is 11.8. The molecule has 0 aliphatic rings. The lowest BCUT2D eigenvalue weighted by molar-refractivity contribution is 1.48. The maximum Gasteiger partial charge on any atom is 0.0736 e. The highest BCUT2D eigenvalue weighted by molar-refractivity contribution is 9.13. The average molecular weight is 371 g/mol. The maximum atomic E-state index is 6.46. The van der Waals surface area contributed by atoms with Gasteiger partial charge in [0.2, 0.25) is 0 Å².